The van der Waals surface area contributed by atoms with Crippen molar-refractivity contribution >= 4 is 55.3 Å². The van der Waals surface area contributed by atoms with Crippen molar-refractivity contribution in [2.75, 3.05) is 4.90 Å². The third-order valence-electron chi connectivity index (χ3n) is 11.3. The van der Waals surface area contributed by atoms with Gasteiger partial charge in [0.05, 0.1) is 16.6 Å². The lowest BCUT2D eigenvalue weighted by Crippen LogP contribution is -2.10. The fourth-order valence-corrected chi connectivity index (χ4v) is 8.36. The SMILES string of the molecule is C/C=C(\C=C/N)c1ccc(N(c2ccc(-c3ccncc3)cc2)c2ccc(-c3ccc4c(c3)c3cc5c(ccn5-c5ccccc5)cc3n4-c3ccccc3)cc2)cc1. The number of fused-ring (bicyclic) bond motifs is 4. The van der Waals surface area contributed by atoms with Gasteiger partial charge < -0.3 is 19.8 Å². The number of benzene rings is 7. The van der Waals surface area contributed by atoms with Gasteiger partial charge >= 0.3 is 0 Å². The van der Waals surface area contributed by atoms with Crippen molar-refractivity contribution in [2.45, 2.75) is 6.92 Å². The molecule has 10 aromatic rings. The van der Waals surface area contributed by atoms with Crippen molar-refractivity contribution in [3.05, 3.63) is 224 Å². The highest BCUT2D eigenvalue weighted by atomic mass is 15.1. The molecular weight excluding hydrogens is 719 g/mol. The van der Waals surface area contributed by atoms with Gasteiger partial charge in [0.15, 0.2) is 0 Å². The lowest BCUT2D eigenvalue weighted by molar-refractivity contribution is 1.13. The van der Waals surface area contributed by atoms with Crippen LogP contribution < -0.4 is 10.6 Å². The standard InChI is InChI=1S/C54H41N5/c1-2-38(27-31-55)39-13-20-47(21-14-39)58(48-22-15-40(16-23-48)42-28-32-56-33-29-42)49-24-17-41(18-25-49)43-19-26-52-50(35-43)51-37-53-44(30-34-57(53)45-9-5-3-6-10-45)36-54(51)59(52)46-11-7-4-8-12-46/h2-37H,55H2,1H3/b31-27-,38-2+. The Morgan fingerprint density at radius 1 is 0.525 bits per heavy atom. The van der Waals surface area contributed by atoms with E-state index in [0.717, 1.165) is 56.3 Å². The largest absolute Gasteiger partial charge is 0.405 e. The second kappa shape index (κ2) is 15.2. The molecular formula is C54H41N5. The molecule has 3 heterocycles. The first-order valence-electron chi connectivity index (χ1n) is 19.9. The van der Waals surface area contributed by atoms with Crippen molar-refractivity contribution in [3.63, 3.8) is 0 Å². The summed E-state index contributed by atoms with van der Waals surface area (Å²) in [5.74, 6) is 0. The average molecular weight is 760 g/mol. The summed E-state index contributed by atoms with van der Waals surface area (Å²) in [6.45, 7) is 2.03. The molecule has 0 unspecified atom stereocenters. The Balaban J connectivity index is 1.07. The second-order valence-electron chi connectivity index (χ2n) is 14.7. The number of anilines is 3. The Kier molecular flexibility index (Phi) is 9.16. The zero-order chi connectivity index (χ0) is 39.7. The molecule has 0 spiro atoms. The van der Waals surface area contributed by atoms with E-state index in [2.05, 4.69) is 201 Å². The summed E-state index contributed by atoms with van der Waals surface area (Å²) in [7, 11) is 0. The van der Waals surface area contributed by atoms with Gasteiger partial charge in [0, 0.05) is 63.2 Å². The topological polar surface area (TPSA) is 52.0 Å². The van der Waals surface area contributed by atoms with E-state index in [1.807, 2.05) is 37.5 Å². The molecule has 7 aromatic carbocycles. The number of para-hydroxylation sites is 2. The molecule has 5 heteroatoms. The summed E-state index contributed by atoms with van der Waals surface area (Å²) >= 11 is 0. The minimum absolute atomic E-state index is 1.06. The number of aromatic nitrogens is 3. The molecule has 5 nitrogen and oxygen atoms in total. The highest BCUT2D eigenvalue weighted by Crippen LogP contribution is 2.40. The van der Waals surface area contributed by atoms with Gasteiger partial charge in [-0.1, -0.05) is 84.9 Å². The van der Waals surface area contributed by atoms with Crippen LogP contribution in [0.3, 0.4) is 0 Å². The number of rotatable bonds is 9. The fourth-order valence-electron chi connectivity index (χ4n) is 8.36. The lowest BCUT2D eigenvalue weighted by Gasteiger charge is -2.26. The smallest absolute Gasteiger partial charge is 0.0548 e. The van der Waals surface area contributed by atoms with Gasteiger partial charge in [-0.25, -0.2) is 0 Å². The van der Waals surface area contributed by atoms with Crippen LogP contribution in [-0.2, 0) is 0 Å². The maximum atomic E-state index is 5.76. The summed E-state index contributed by atoms with van der Waals surface area (Å²) in [6.07, 6.45) is 11.4. The maximum Gasteiger partial charge on any atom is 0.0548 e. The number of pyridine rings is 1. The van der Waals surface area contributed by atoms with Gasteiger partial charge in [-0.3, -0.25) is 4.98 Å². The Morgan fingerprint density at radius 2 is 1.08 bits per heavy atom. The summed E-state index contributed by atoms with van der Waals surface area (Å²) < 4.78 is 4.68. The molecule has 0 radical (unpaired) electrons. The molecule has 0 fully saturated rings. The predicted octanol–water partition coefficient (Wildman–Crippen LogP) is 13.8. The van der Waals surface area contributed by atoms with E-state index < -0.39 is 0 Å². The van der Waals surface area contributed by atoms with Crippen LogP contribution in [0.4, 0.5) is 17.1 Å². The molecule has 59 heavy (non-hydrogen) atoms. The van der Waals surface area contributed by atoms with E-state index in [9.17, 15) is 0 Å². The summed E-state index contributed by atoms with van der Waals surface area (Å²) in [6, 6.07) is 65.4. The van der Waals surface area contributed by atoms with Gasteiger partial charge in [-0.2, -0.15) is 0 Å². The third-order valence-corrected chi connectivity index (χ3v) is 11.3. The highest BCUT2D eigenvalue weighted by Gasteiger charge is 2.18. The number of nitrogens with zero attached hydrogens (tertiary/aromatic N) is 4. The minimum Gasteiger partial charge on any atom is -0.405 e. The van der Waals surface area contributed by atoms with Crippen LogP contribution >= 0.6 is 0 Å². The average Bonchev–Trinajstić information content (AvgIpc) is 3.87. The molecule has 0 saturated carbocycles. The molecule has 0 amide bonds. The molecule has 0 saturated heterocycles. The zero-order valence-corrected chi connectivity index (χ0v) is 32.7. The monoisotopic (exact) mass is 759 g/mol. The van der Waals surface area contributed by atoms with Crippen LogP contribution in [0, 0.1) is 0 Å². The quantitative estimate of drug-likeness (QED) is 0.149. The van der Waals surface area contributed by atoms with E-state index in [1.165, 1.54) is 38.3 Å². The predicted molar refractivity (Wildman–Crippen MR) is 248 cm³/mol. The zero-order valence-electron chi connectivity index (χ0n) is 32.7. The molecule has 10 rings (SSSR count). The van der Waals surface area contributed by atoms with E-state index in [0.29, 0.717) is 0 Å². The van der Waals surface area contributed by atoms with Crippen LogP contribution in [0.25, 0.3) is 71.9 Å². The molecule has 282 valence electrons. The van der Waals surface area contributed by atoms with Gasteiger partial charge in [-0.05, 0) is 156 Å². The van der Waals surface area contributed by atoms with Crippen molar-refractivity contribution < 1.29 is 0 Å². The molecule has 2 N–H and O–H groups in total. The number of hydrogen-bond acceptors (Lipinski definition) is 3. The molecule has 0 atom stereocenters. The lowest BCUT2D eigenvalue weighted by atomic mass is 10.0. The van der Waals surface area contributed by atoms with Crippen molar-refractivity contribution in [1.29, 1.82) is 0 Å². The molecule has 0 aliphatic heterocycles. The fraction of sp³-hybridized carbons (Fsp3) is 0.0185. The Hall–Kier alpha value is -7.89. The Morgan fingerprint density at radius 3 is 1.71 bits per heavy atom. The third kappa shape index (κ3) is 6.55. The minimum atomic E-state index is 1.06. The Bertz CT molecular complexity index is 3120. The van der Waals surface area contributed by atoms with Crippen LogP contribution in [0.2, 0.25) is 0 Å². The van der Waals surface area contributed by atoms with Crippen molar-refractivity contribution in [3.8, 4) is 33.6 Å². The van der Waals surface area contributed by atoms with E-state index in [1.54, 1.807) is 6.20 Å². The summed E-state index contributed by atoms with van der Waals surface area (Å²) in [4.78, 5) is 6.51. The summed E-state index contributed by atoms with van der Waals surface area (Å²) in [5, 5.41) is 3.64. The van der Waals surface area contributed by atoms with Crippen molar-refractivity contribution in [1.82, 2.24) is 14.1 Å². The van der Waals surface area contributed by atoms with Gasteiger partial charge in [0.2, 0.25) is 0 Å². The molecule has 3 aromatic heterocycles. The van der Waals surface area contributed by atoms with Gasteiger partial charge in [-0.15, -0.1) is 0 Å². The first-order chi connectivity index (χ1) is 29.2. The van der Waals surface area contributed by atoms with Crippen LogP contribution in [0.1, 0.15) is 12.5 Å². The molecule has 0 aliphatic rings. The van der Waals surface area contributed by atoms with E-state index in [4.69, 9.17) is 5.73 Å². The second-order valence-corrected chi connectivity index (χ2v) is 14.7. The normalized spacial score (nSPS) is 11.9. The number of allylic oxidation sites excluding steroid dienone is 3. The van der Waals surface area contributed by atoms with Crippen LogP contribution in [0.5, 0.6) is 0 Å². The van der Waals surface area contributed by atoms with Crippen molar-refractivity contribution in [2.24, 2.45) is 5.73 Å². The Labute approximate surface area is 343 Å². The first kappa shape index (κ1) is 35.5. The van der Waals surface area contributed by atoms with Gasteiger partial charge in [0.1, 0.15) is 0 Å². The van der Waals surface area contributed by atoms with E-state index in [-0.39, 0.29) is 0 Å². The molecule has 0 aliphatic carbocycles. The van der Waals surface area contributed by atoms with Crippen LogP contribution in [0.15, 0.2) is 219 Å². The van der Waals surface area contributed by atoms with E-state index >= 15 is 0 Å². The molecule has 0 bridgehead atoms. The van der Waals surface area contributed by atoms with Crippen LogP contribution in [-0.4, -0.2) is 14.1 Å². The first-order valence-corrected chi connectivity index (χ1v) is 19.9. The van der Waals surface area contributed by atoms with Gasteiger partial charge in [0.25, 0.3) is 0 Å². The maximum absolute atomic E-state index is 5.76. The number of nitrogens with two attached hydrogens (primary N) is 1. The highest BCUT2D eigenvalue weighted by molar-refractivity contribution is 6.14. The summed E-state index contributed by atoms with van der Waals surface area (Å²) in [5.41, 5.74) is 21.6. The number of hydrogen-bond donors (Lipinski definition) is 1.